The van der Waals surface area contributed by atoms with Crippen LogP contribution < -0.4 is 5.32 Å². The van der Waals surface area contributed by atoms with Crippen LogP contribution in [0, 0.1) is 0 Å². The molecule has 0 bridgehead atoms. The van der Waals surface area contributed by atoms with E-state index in [0.29, 0.717) is 34.7 Å². The Bertz CT molecular complexity index is 1990. The fraction of sp³-hybridized carbons (Fsp3) is 0.176. The molecular formula is C34H29ClN2O7S. The summed E-state index contributed by atoms with van der Waals surface area (Å²) < 4.78 is 27.3. The number of pyridine rings is 1. The van der Waals surface area contributed by atoms with E-state index in [1.54, 1.807) is 48.6 Å². The third-order valence-electron chi connectivity index (χ3n) is 7.58. The van der Waals surface area contributed by atoms with Crippen molar-refractivity contribution in [3.8, 4) is 0 Å². The van der Waals surface area contributed by atoms with Crippen molar-refractivity contribution >= 4 is 62.3 Å². The third kappa shape index (κ3) is 7.47. The van der Waals surface area contributed by atoms with Gasteiger partial charge < -0.3 is 15.5 Å². The van der Waals surface area contributed by atoms with Crippen molar-refractivity contribution < 1.29 is 33.0 Å². The molecule has 1 heterocycles. The minimum atomic E-state index is -4.25. The second-order valence-electron chi connectivity index (χ2n) is 10.7. The van der Waals surface area contributed by atoms with Crippen LogP contribution in [0.5, 0.6) is 0 Å². The summed E-state index contributed by atoms with van der Waals surface area (Å²) in [5.41, 5.74) is 2.26. The number of sulfone groups is 1. The number of fused-ring (bicyclic) bond motifs is 1. The SMILES string of the molecule is O=C(O)C1=C(C(=O)NC(CS(=O)(=O)c2ccccc2C(=O)O)c2cccc(C=Cc3ccc4ccc(Cl)cc4n3)c2)CCCC1. The normalized spacial score (nSPS) is 14.4. The zero-order valence-corrected chi connectivity index (χ0v) is 25.5. The van der Waals surface area contributed by atoms with Gasteiger partial charge in [-0.1, -0.05) is 60.1 Å². The van der Waals surface area contributed by atoms with Gasteiger partial charge in [0.2, 0.25) is 5.91 Å². The van der Waals surface area contributed by atoms with E-state index in [9.17, 15) is 33.0 Å². The van der Waals surface area contributed by atoms with Gasteiger partial charge in [-0.2, -0.15) is 0 Å². The Labute approximate surface area is 264 Å². The smallest absolute Gasteiger partial charge is 0.337 e. The number of amides is 1. The van der Waals surface area contributed by atoms with Crippen molar-refractivity contribution in [3.63, 3.8) is 0 Å². The van der Waals surface area contributed by atoms with Crippen LogP contribution in [0.1, 0.15) is 58.9 Å². The number of hydrogen-bond donors (Lipinski definition) is 3. The molecule has 11 heteroatoms. The molecule has 1 atom stereocenters. The van der Waals surface area contributed by atoms with Crippen LogP contribution in [-0.2, 0) is 19.4 Å². The summed E-state index contributed by atoms with van der Waals surface area (Å²) in [7, 11) is -4.25. The maximum Gasteiger partial charge on any atom is 0.337 e. The molecule has 0 spiro atoms. The van der Waals surface area contributed by atoms with Gasteiger partial charge in [-0.05, 0) is 79.3 Å². The van der Waals surface area contributed by atoms with E-state index < -0.39 is 39.5 Å². The van der Waals surface area contributed by atoms with Crippen LogP contribution in [-0.4, -0.2) is 47.2 Å². The van der Waals surface area contributed by atoms with Crippen molar-refractivity contribution in [1.82, 2.24) is 10.3 Å². The second kappa shape index (κ2) is 13.5. The number of aliphatic carboxylic acids is 1. The first kappa shape index (κ1) is 31.6. The summed E-state index contributed by atoms with van der Waals surface area (Å²) in [6.45, 7) is 0. The van der Waals surface area contributed by atoms with Gasteiger partial charge in [0.25, 0.3) is 0 Å². The van der Waals surface area contributed by atoms with Gasteiger partial charge in [0.05, 0.1) is 33.5 Å². The fourth-order valence-corrected chi connectivity index (χ4v) is 7.18. The predicted octanol–water partition coefficient (Wildman–Crippen LogP) is 6.34. The zero-order chi connectivity index (χ0) is 32.1. The van der Waals surface area contributed by atoms with Gasteiger partial charge in [0.15, 0.2) is 9.84 Å². The lowest BCUT2D eigenvalue weighted by Crippen LogP contribution is -2.35. The Morgan fingerprint density at radius 1 is 0.867 bits per heavy atom. The van der Waals surface area contributed by atoms with Crippen LogP contribution in [0.25, 0.3) is 23.1 Å². The molecular weight excluding hydrogens is 616 g/mol. The second-order valence-corrected chi connectivity index (χ2v) is 13.1. The molecule has 1 aliphatic rings. The number of rotatable bonds is 10. The van der Waals surface area contributed by atoms with Gasteiger partial charge in [0, 0.05) is 21.6 Å². The quantitative estimate of drug-likeness (QED) is 0.181. The highest BCUT2D eigenvalue weighted by atomic mass is 35.5. The highest BCUT2D eigenvalue weighted by molar-refractivity contribution is 7.91. The summed E-state index contributed by atoms with van der Waals surface area (Å²) >= 11 is 6.12. The summed E-state index contributed by atoms with van der Waals surface area (Å²) in [6, 6.07) is 20.2. The average molecular weight is 645 g/mol. The van der Waals surface area contributed by atoms with Gasteiger partial charge in [-0.15, -0.1) is 0 Å². The Hall–Kier alpha value is -4.80. The van der Waals surface area contributed by atoms with Gasteiger partial charge >= 0.3 is 11.9 Å². The Balaban J connectivity index is 1.50. The molecule has 1 unspecified atom stereocenters. The van der Waals surface area contributed by atoms with E-state index >= 15 is 0 Å². The lowest BCUT2D eigenvalue weighted by molar-refractivity contribution is -0.133. The summed E-state index contributed by atoms with van der Waals surface area (Å²) in [6.07, 6.45) is 5.34. The summed E-state index contributed by atoms with van der Waals surface area (Å²) in [4.78, 5) is 41.4. The Morgan fingerprint density at radius 3 is 2.36 bits per heavy atom. The van der Waals surface area contributed by atoms with Crippen molar-refractivity contribution in [2.24, 2.45) is 0 Å². The van der Waals surface area contributed by atoms with Crippen molar-refractivity contribution in [1.29, 1.82) is 0 Å². The molecule has 5 rings (SSSR count). The van der Waals surface area contributed by atoms with E-state index in [1.165, 1.54) is 24.3 Å². The van der Waals surface area contributed by atoms with E-state index in [1.807, 2.05) is 18.2 Å². The number of aromatic nitrogens is 1. The van der Waals surface area contributed by atoms with E-state index in [-0.39, 0.29) is 34.4 Å². The Morgan fingerprint density at radius 2 is 1.60 bits per heavy atom. The Kier molecular flexibility index (Phi) is 9.45. The predicted molar refractivity (Wildman–Crippen MR) is 172 cm³/mol. The molecule has 0 fully saturated rings. The van der Waals surface area contributed by atoms with Gasteiger partial charge in [0.1, 0.15) is 0 Å². The lowest BCUT2D eigenvalue weighted by atomic mass is 9.91. The fourth-order valence-electron chi connectivity index (χ4n) is 5.34. The molecule has 230 valence electrons. The first-order valence-corrected chi connectivity index (χ1v) is 16.2. The molecule has 1 amide bonds. The zero-order valence-electron chi connectivity index (χ0n) is 23.9. The first-order chi connectivity index (χ1) is 21.5. The van der Waals surface area contributed by atoms with Crippen LogP contribution in [0.3, 0.4) is 0 Å². The van der Waals surface area contributed by atoms with Crippen LogP contribution in [0.15, 0.2) is 94.9 Å². The number of carboxylic acids is 2. The monoisotopic (exact) mass is 644 g/mol. The molecule has 3 aromatic carbocycles. The number of halogens is 1. The van der Waals surface area contributed by atoms with Crippen molar-refractivity contribution in [3.05, 3.63) is 117 Å². The number of carbonyl (C=O) groups is 3. The van der Waals surface area contributed by atoms with Crippen molar-refractivity contribution in [2.75, 3.05) is 5.75 Å². The van der Waals surface area contributed by atoms with Crippen LogP contribution in [0.2, 0.25) is 5.02 Å². The number of hydrogen-bond acceptors (Lipinski definition) is 6. The molecule has 0 saturated heterocycles. The van der Waals surface area contributed by atoms with Gasteiger partial charge in [-0.25, -0.2) is 23.0 Å². The van der Waals surface area contributed by atoms with Crippen molar-refractivity contribution in [2.45, 2.75) is 36.6 Å². The van der Waals surface area contributed by atoms with E-state index in [0.717, 1.165) is 10.9 Å². The molecule has 0 aliphatic heterocycles. The van der Waals surface area contributed by atoms with E-state index in [2.05, 4.69) is 10.3 Å². The van der Waals surface area contributed by atoms with E-state index in [4.69, 9.17) is 11.6 Å². The molecule has 45 heavy (non-hydrogen) atoms. The molecule has 9 nitrogen and oxygen atoms in total. The topological polar surface area (TPSA) is 151 Å². The molecule has 0 radical (unpaired) electrons. The number of nitrogens with zero attached hydrogens (tertiary/aromatic N) is 1. The first-order valence-electron chi connectivity index (χ1n) is 14.2. The summed E-state index contributed by atoms with van der Waals surface area (Å²) in [5.74, 6) is -3.90. The minimum Gasteiger partial charge on any atom is -0.478 e. The maximum atomic E-state index is 13.6. The summed E-state index contributed by atoms with van der Waals surface area (Å²) in [5, 5.41) is 23.6. The molecule has 4 aromatic rings. The number of benzene rings is 3. The largest absolute Gasteiger partial charge is 0.478 e. The van der Waals surface area contributed by atoms with Gasteiger partial charge in [-0.3, -0.25) is 4.79 Å². The lowest BCUT2D eigenvalue weighted by Gasteiger charge is -2.23. The molecule has 3 N–H and O–H groups in total. The molecule has 1 aliphatic carbocycles. The average Bonchev–Trinajstić information content (AvgIpc) is 3.03. The standard InChI is InChI=1S/C34H29ClN2O7S/c35-24-15-13-22-14-17-25(36-29(22)19-24)16-12-21-6-5-7-23(18-21)30(37-32(38)26-8-1-2-9-27(26)33(39)40)20-45(43,44)31-11-4-3-10-28(31)34(41)42/h3-7,10-19,30H,1-2,8-9,20H2,(H,37,38)(H,39,40)(H,41,42). The van der Waals surface area contributed by atoms with Crippen LogP contribution >= 0.6 is 11.6 Å². The minimum absolute atomic E-state index is 0.0115. The number of carbonyl (C=O) groups excluding carboxylic acids is 1. The molecule has 1 aromatic heterocycles. The highest BCUT2D eigenvalue weighted by Gasteiger charge is 2.30. The third-order valence-corrected chi connectivity index (χ3v) is 9.61. The molecule has 0 saturated carbocycles. The van der Waals surface area contributed by atoms with Crippen LogP contribution in [0.4, 0.5) is 0 Å². The highest BCUT2D eigenvalue weighted by Crippen LogP contribution is 2.28. The number of nitrogens with one attached hydrogen (secondary N) is 1. The number of aromatic carboxylic acids is 1. The maximum absolute atomic E-state index is 13.6. The number of carboxylic acid groups (broad SMARTS) is 2.